The van der Waals surface area contributed by atoms with Crippen molar-refractivity contribution < 1.29 is 56.5 Å². The number of aryl methyl sites for hydroxylation is 1. The average Bonchev–Trinajstić information content (AvgIpc) is 1.55. The minimum atomic E-state index is -2.77. The van der Waals surface area contributed by atoms with Gasteiger partial charge < -0.3 is 55.3 Å². The third-order valence-corrected chi connectivity index (χ3v) is 18.5. The lowest BCUT2D eigenvalue weighted by Gasteiger charge is -2.43. The van der Waals surface area contributed by atoms with Crippen LogP contribution in [0.15, 0.2) is 67.0 Å². The molecule has 4 heterocycles. The monoisotopic (exact) mass is 1180 g/mol. The quantitative estimate of drug-likeness (QED) is 0.0407. The van der Waals surface area contributed by atoms with Gasteiger partial charge in [-0.15, -0.1) is 0 Å². The molecule has 6 aliphatic rings. The number of halogens is 2. The fourth-order valence-electron chi connectivity index (χ4n) is 13.3. The van der Waals surface area contributed by atoms with Gasteiger partial charge >= 0.3 is 0 Å². The lowest BCUT2D eigenvalue weighted by Crippen LogP contribution is -2.58. The van der Waals surface area contributed by atoms with Gasteiger partial charge in [0.15, 0.2) is 5.69 Å². The number of likely N-dealkylation sites (N-methyl/N-ethyl adjacent to an activating group) is 1. The summed E-state index contributed by atoms with van der Waals surface area (Å²) < 4.78 is 53.5. The van der Waals surface area contributed by atoms with Crippen LogP contribution >= 0.6 is 0 Å². The molecule has 2 aromatic carbocycles. The number of carbonyl (C=O) groups excluding carboxylic acids is 6. The molecule has 21 nitrogen and oxygen atoms in total. The number of aromatic nitrogens is 4. The van der Waals surface area contributed by atoms with Crippen LogP contribution in [0.3, 0.4) is 0 Å². The number of amides is 6. The number of likely N-dealkylation sites (tertiary alicyclic amines) is 2. The van der Waals surface area contributed by atoms with E-state index in [1.807, 2.05) is 48.5 Å². The summed E-state index contributed by atoms with van der Waals surface area (Å²) in [7, 11) is 1.70. The van der Waals surface area contributed by atoms with Gasteiger partial charge in [-0.1, -0.05) is 80.8 Å². The minimum absolute atomic E-state index is 0.0212. The molecule has 23 heteroatoms. The van der Waals surface area contributed by atoms with E-state index in [2.05, 4.69) is 47.9 Å². The molecule has 2 saturated heterocycles. The lowest BCUT2D eigenvalue weighted by atomic mass is 9.83. The predicted octanol–water partition coefficient (Wildman–Crippen LogP) is 5.08. The highest BCUT2D eigenvalue weighted by molar-refractivity contribution is 6.04. The first-order chi connectivity index (χ1) is 41.1. The summed E-state index contributed by atoms with van der Waals surface area (Å²) in [5.74, 6) is -5.18. The Morgan fingerprint density at radius 3 is 2.20 bits per heavy atom. The highest BCUT2D eigenvalue weighted by Crippen LogP contribution is 2.70. The molecule has 4 aliphatic carbocycles. The number of rotatable bonds is 28. The Labute approximate surface area is 495 Å². The molecule has 2 aromatic heterocycles. The molecule has 4 aromatic rings. The first-order valence-electron chi connectivity index (χ1n) is 30.5. The third kappa shape index (κ3) is 14.3. The zero-order valence-electron chi connectivity index (χ0n) is 49.1. The summed E-state index contributed by atoms with van der Waals surface area (Å²) in [4.78, 5) is 85.4. The number of alkyl halides is 2. The van der Waals surface area contributed by atoms with Crippen molar-refractivity contribution in [2.75, 3.05) is 84.9 Å². The summed E-state index contributed by atoms with van der Waals surface area (Å²) in [5.41, 5.74) is 3.88. The Bertz CT molecular complexity index is 2970. The van der Waals surface area contributed by atoms with E-state index in [0.29, 0.717) is 63.1 Å². The predicted molar refractivity (Wildman–Crippen MR) is 309 cm³/mol. The molecular weight excluding hydrogens is 1100 g/mol. The maximum Gasteiger partial charge on any atom is 0.276 e. The normalized spacial score (nSPS) is 23.5. The molecule has 0 radical (unpaired) electrons. The van der Waals surface area contributed by atoms with Gasteiger partial charge in [0.2, 0.25) is 29.5 Å². The summed E-state index contributed by atoms with van der Waals surface area (Å²) >= 11 is 0. The van der Waals surface area contributed by atoms with Gasteiger partial charge in [0.25, 0.3) is 11.8 Å². The Hall–Kier alpha value is -6.66. The molecule has 6 N–H and O–H groups in total. The number of hydrogen-bond acceptors (Lipinski definition) is 13. The van der Waals surface area contributed by atoms with Crippen LogP contribution < -0.4 is 26.6 Å². The first kappa shape index (κ1) is 61.4. The van der Waals surface area contributed by atoms with Gasteiger partial charge in [0.1, 0.15) is 12.1 Å². The molecular formula is C62H83F2N11O10. The molecule has 8 atom stereocenters. The Morgan fingerprint density at radius 2 is 1.48 bits per heavy atom. The van der Waals surface area contributed by atoms with Gasteiger partial charge in [-0.05, 0) is 81.5 Å². The number of fused-ring (bicyclic) bond motifs is 3. The molecule has 0 bridgehead atoms. The van der Waals surface area contributed by atoms with Crippen molar-refractivity contribution in [2.45, 2.75) is 139 Å². The third-order valence-electron chi connectivity index (χ3n) is 18.5. The van der Waals surface area contributed by atoms with E-state index >= 15 is 0 Å². The molecule has 3 unspecified atom stereocenters. The van der Waals surface area contributed by atoms with E-state index in [1.54, 1.807) is 47.8 Å². The van der Waals surface area contributed by atoms with Crippen molar-refractivity contribution in [3.8, 4) is 0 Å². The second-order valence-electron chi connectivity index (χ2n) is 24.1. The molecule has 2 aliphatic heterocycles. The fraction of sp³-hybridized carbons (Fsp3) is 0.613. The largest absolute Gasteiger partial charge is 0.379 e. The van der Waals surface area contributed by atoms with Crippen LogP contribution in [0.4, 0.5) is 14.5 Å². The van der Waals surface area contributed by atoms with Gasteiger partial charge in [-0.2, -0.15) is 10.2 Å². The first-order valence-corrected chi connectivity index (χ1v) is 30.5. The molecule has 2 saturated carbocycles. The molecule has 4 fully saturated rings. The molecule has 10 rings (SSSR count). The smallest absolute Gasteiger partial charge is 0.276 e. The van der Waals surface area contributed by atoms with Crippen molar-refractivity contribution >= 4 is 41.1 Å². The Kier molecular flexibility index (Phi) is 20.1. The topological polar surface area (TPSA) is 252 Å². The number of ether oxygens (including phenoxy) is 4. The minimum Gasteiger partial charge on any atom is -0.379 e. The molecule has 460 valence electrons. The van der Waals surface area contributed by atoms with Crippen molar-refractivity contribution in [1.29, 1.82) is 0 Å². The average molecular weight is 1180 g/mol. The molecule has 0 spiro atoms. The van der Waals surface area contributed by atoms with E-state index in [0.717, 1.165) is 62.5 Å². The fourth-order valence-corrected chi connectivity index (χ4v) is 13.3. The van der Waals surface area contributed by atoms with Gasteiger partial charge in [0, 0.05) is 73.2 Å². The van der Waals surface area contributed by atoms with Crippen LogP contribution in [0.5, 0.6) is 0 Å². The van der Waals surface area contributed by atoms with E-state index in [-0.39, 0.29) is 118 Å². The van der Waals surface area contributed by atoms with Crippen LogP contribution in [0.2, 0.25) is 0 Å². The maximum absolute atomic E-state index is 14.7. The second kappa shape index (κ2) is 27.8. The Morgan fingerprint density at radius 1 is 0.800 bits per heavy atom. The Balaban J connectivity index is 0.591. The SMILES string of the molecule is CNC(C)C(=O)NC(C(=O)N1C[C@@H](NC(=O)CCOCCOCCOCCOCCC(=O)N2CC(C(c3ccccc3)n3cc(NC(=O)c4n[nH]c5c4C[C@@H]4C(F)(F)[C@]4(C)C5)cn3)C2)C[C@H]1C(=O)N[C@@H]1CCCc2ccccc21)C1CCCCC1. The highest BCUT2D eigenvalue weighted by atomic mass is 19.3. The van der Waals surface area contributed by atoms with Gasteiger partial charge in [0.05, 0.1) is 89.3 Å². The number of anilines is 1. The second-order valence-corrected chi connectivity index (χ2v) is 24.1. The summed E-state index contributed by atoms with van der Waals surface area (Å²) in [6.07, 6.45) is 11.4. The number of nitrogens with one attached hydrogen (secondary N) is 6. The molecule has 85 heavy (non-hydrogen) atoms. The zero-order chi connectivity index (χ0) is 59.7. The van der Waals surface area contributed by atoms with Crippen LogP contribution in [-0.2, 0) is 62.2 Å². The van der Waals surface area contributed by atoms with Crippen molar-refractivity contribution in [1.82, 2.24) is 51.0 Å². The number of H-pyrrole nitrogens is 1. The number of carbonyl (C=O) groups is 6. The van der Waals surface area contributed by atoms with Gasteiger partial charge in [-0.3, -0.25) is 38.5 Å². The van der Waals surface area contributed by atoms with Crippen molar-refractivity contribution in [3.05, 3.63) is 101 Å². The van der Waals surface area contributed by atoms with Crippen LogP contribution in [-0.4, -0.2) is 175 Å². The van der Waals surface area contributed by atoms with Crippen LogP contribution in [0.25, 0.3) is 0 Å². The number of aromatic amines is 1. The van der Waals surface area contributed by atoms with E-state index in [9.17, 15) is 37.5 Å². The van der Waals surface area contributed by atoms with Crippen LogP contribution in [0.1, 0.15) is 129 Å². The summed E-state index contributed by atoms with van der Waals surface area (Å²) in [5, 5.41) is 26.8. The van der Waals surface area contributed by atoms with Crippen LogP contribution in [0, 0.1) is 23.2 Å². The highest BCUT2D eigenvalue weighted by Gasteiger charge is 2.78. The summed E-state index contributed by atoms with van der Waals surface area (Å²) in [6, 6.07) is 15.0. The zero-order valence-corrected chi connectivity index (χ0v) is 49.1. The summed E-state index contributed by atoms with van der Waals surface area (Å²) in [6.45, 7) is 6.75. The van der Waals surface area contributed by atoms with E-state index in [4.69, 9.17) is 18.9 Å². The van der Waals surface area contributed by atoms with Gasteiger partial charge in [-0.25, -0.2) is 8.78 Å². The number of benzene rings is 2. The maximum atomic E-state index is 14.7. The standard InChI is InChI=1S/C62H83F2N11O10/c1-39(65-3)57(78)70-54(41-14-6-4-7-15-41)60(81)74-37-44(31-50(74)58(79)69-48-20-12-18-40-13-10-11-19-46(40)48)67-52(76)21-23-82-25-27-84-29-30-85-28-26-83-24-22-53(77)73-35-43(36-73)56(42-16-8-5-9-17-42)75-38-45(34-66-75)68-59(80)55-47-32-51-61(2,62(51,63)64)33-49(47)71-72-55/h5,8-11,13,16-17,19,34,38-39,41,43-44,48,50-51,54,56,65H,4,6-7,12,14-15,18,20-33,35-37H2,1-3H3,(H,67,76)(H,68,80)(H,69,79)(H,70,78)(H,71,72)/t39?,44-,48+,50-,51-,54?,56?,61+/m0/s1. The van der Waals surface area contributed by atoms with Crippen molar-refractivity contribution in [2.24, 2.45) is 23.2 Å². The number of hydrogen-bond donors (Lipinski definition) is 6. The van der Waals surface area contributed by atoms with E-state index < -0.39 is 47.3 Å². The van der Waals surface area contributed by atoms with Crippen molar-refractivity contribution in [3.63, 3.8) is 0 Å². The van der Waals surface area contributed by atoms with E-state index in [1.165, 1.54) is 5.56 Å². The molecule has 6 amide bonds. The number of nitrogens with zero attached hydrogens (tertiary/aromatic N) is 5. The lowest BCUT2D eigenvalue weighted by molar-refractivity contribution is -0.143.